The second-order valence-electron chi connectivity index (χ2n) is 4.77. The summed E-state index contributed by atoms with van der Waals surface area (Å²) in [6.07, 6.45) is 0.919. The third kappa shape index (κ3) is 6.61. The van der Waals surface area contributed by atoms with Crippen LogP contribution in [0.4, 0.5) is 5.69 Å². The van der Waals surface area contributed by atoms with Crippen molar-refractivity contribution >= 4 is 52.7 Å². The van der Waals surface area contributed by atoms with Crippen LogP contribution in [0, 0.1) is 6.92 Å². The van der Waals surface area contributed by atoms with Gasteiger partial charge < -0.3 is 9.84 Å². The number of rotatable bonds is 8. The van der Waals surface area contributed by atoms with E-state index in [0.29, 0.717) is 16.7 Å². The number of hydrazine groups is 1. The van der Waals surface area contributed by atoms with Gasteiger partial charge in [-0.1, -0.05) is 29.9 Å². The molecule has 2 N–H and O–H groups in total. The largest absolute Gasteiger partial charge is 0.346 e. The Labute approximate surface area is 152 Å². The van der Waals surface area contributed by atoms with Crippen molar-refractivity contribution in [2.24, 2.45) is 0 Å². The Morgan fingerprint density at radius 2 is 2.17 bits per heavy atom. The second-order valence-corrected chi connectivity index (χ2v) is 10.2. The molecule has 1 aromatic carbocycles. The molecule has 0 spiro atoms. The summed E-state index contributed by atoms with van der Waals surface area (Å²) in [5, 5.41) is 4.08. The topological polar surface area (TPSA) is 53.6 Å². The number of nitrogens with zero attached hydrogens (tertiary/aromatic N) is 1. The van der Waals surface area contributed by atoms with E-state index in [9.17, 15) is 4.57 Å². The van der Waals surface area contributed by atoms with Gasteiger partial charge in [-0.2, -0.15) is 0 Å². The molecule has 0 saturated carbocycles. The van der Waals surface area contributed by atoms with E-state index in [1.807, 2.05) is 32.9 Å². The highest BCUT2D eigenvalue weighted by Gasteiger charge is 2.30. The van der Waals surface area contributed by atoms with Gasteiger partial charge in [-0.05, 0) is 56.2 Å². The number of nitrogens with one attached hydrogen (secondary N) is 2. The highest BCUT2D eigenvalue weighted by atomic mass is 35.5. The molecule has 0 aliphatic carbocycles. The molecule has 1 aromatic rings. The highest BCUT2D eigenvalue weighted by Crippen LogP contribution is 2.60. The predicted molar refractivity (Wildman–Crippen MR) is 105 cm³/mol. The minimum atomic E-state index is -3.01. The molecular formula is C14H23ClN3O2PS2. The molecule has 0 amide bonds. The minimum absolute atomic E-state index is 0.343. The average Bonchev–Trinajstić information content (AvgIpc) is 2.48. The van der Waals surface area contributed by atoms with Crippen LogP contribution < -0.4 is 10.7 Å². The normalized spacial score (nSPS) is 13.7. The summed E-state index contributed by atoms with van der Waals surface area (Å²) in [4.78, 5) is 0. The van der Waals surface area contributed by atoms with Crippen molar-refractivity contribution in [1.29, 1.82) is 0 Å². The number of anilines is 1. The van der Waals surface area contributed by atoms with Crippen LogP contribution in [0.15, 0.2) is 18.2 Å². The highest BCUT2D eigenvalue weighted by molar-refractivity contribution is 8.55. The van der Waals surface area contributed by atoms with E-state index >= 15 is 0 Å². The zero-order valence-electron chi connectivity index (χ0n) is 13.8. The number of aryl methyl sites for hydroxylation is 1. The summed E-state index contributed by atoms with van der Waals surface area (Å²) in [6, 6.07) is 5.48. The van der Waals surface area contributed by atoms with Crippen molar-refractivity contribution < 1.29 is 9.09 Å². The van der Waals surface area contributed by atoms with Crippen molar-refractivity contribution in [2.45, 2.75) is 27.2 Å². The Kier molecular flexibility index (Phi) is 8.90. The second kappa shape index (κ2) is 9.87. The Balaban J connectivity index is 2.72. The van der Waals surface area contributed by atoms with Crippen molar-refractivity contribution in [3.05, 3.63) is 28.8 Å². The molecule has 1 unspecified atom stereocenters. The van der Waals surface area contributed by atoms with Crippen molar-refractivity contribution in [3.8, 4) is 0 Å². The molecule has 0 fully saturated rings. The molecular weight excluding hydrogens is 373 g/mol. The lowest BCUT2D eigenvalue weighted by Crippen LogP contribution is -2.39. The summed E-state index contributed by atoms with van der Waals surface area (Å²) in [5.74, 6) is 0.750. The molecule has 23 heavy (non-hydrogen) atoms. The zero-order valence-corrected chi connectivity index (χ0v) is 17.0. The van der Waals surface area contributed by atoms with Gasteiger partial charge in [-0.15, -0.1) is 4.78 Å². The van der Waals surface area contributed by atoms with Crippen LogP contribution in [0.2, 0.25) is 5.02 Å². The van der Waals surface area contributed by atoms with Gasteiger partial charge in [0.2, 0.25) is 0 Å². The standard InChI is InChI=1S/C14H23ClN3O2PS2/c1-5-9-23-21(19,20-6-2)18(4)17-14(22)16-13-8-7-12(15)10-11(13)3/h7-8,10H,5-6,9H2,1-4H3,(H2,16,17,22). The van der Waals surface area contributed by atoms with Crippen LogP contribution in [0.3, 0.4) is 0 Å². The maximum atomic E-state index is 12.9. The monoisotopic (exact) mass is 395 g/mol. The molecule has 0 bridgehead atoms. The fourth-order valence-electron chi connectivity index (χ4n) is 1.71. The summed E-state index contributed by atoms with van der Waals surface area (Å²) in [6.45, 7) is 3.14. The van der Waals surface area contributed by atoms with E-state index in [1.165, 1.54) is 16.2 Å². The summed E-state index contributed by atoms with van der Waals surface area (Å²) >= 11 is 12.5. The summed E-state index contributed by atoms with van der Waals surface area (Å²) in [5.41, 5.74) is 4.73. The first-order valence-corrected chi connectivity index (χ1v) is 11.2. The number of thiocarbonyl (C=S) groups is 1. The third-order valence-corrected chi connectivity index (χ3v) is 8.16. The van der Waals surface area contributed by atoms with Crippen LogP contribution in [0.1, 0.15) is 25.8 Å². The van der Waals surface area contributed by atoms with Crippen LogP contribution in [0.25, 0.3) is 0 Å². The molecule has 0 saturated heterocycles. The molecule has 5 nitrogen and oxygen atoms in total. The fraction of sp³-hybridized carbons (Fsp3) is 0.500. The van der Waals surface area contributed by atoms with Crippen LogP contribution >= 0.6 is 41.9 Å². The van der Waals surface area contributed by atoms with Gasteiger partial charge in [-0.3, -0.25) is 9.99 Å². The third-order valence-electron chi connectivity index (χ3n) is 2.82. The lowest BCUT2D eigenvalue weighted by Gasteiger charge is -2.28. The average molecular weight is 396 g/mol. The molecule has 1 rings (SSSR count). The molecule has 0 aliphatic rings. The summed E-state index contributed by atoms with van der Waals surface area (Å²) in [7, 11) is 1.67. The van der Waals surface area contributed by atoms with E-state index in [1.54, 1.807) is 13.1 Å². The molecule has 130 valence electrons. The molecule has 1 atom stereocenters. The first-order valence-electron chi connectivity index (χ1n) is 7.29. The van der Waals surface area contributed by atoms with Crippen LogP contribution in [-0.2, 0) is 9.09 Å². The van der Waals surface area contributed by atoms with Crippen LogP contribution in [-0.4, -0.2) is 29.3 Å². The molecule has 0 aliphatic heterocycles. The Bertz CT molecular complexity index is 589. The fourth-order valence-corrected chi connectivity index (χ4v) is 6.05. The zero-order chi connectivity index (χ0) is 17.5. The predicted octanol–water partition coefficient (Wildman–Crippen LogP) is 5.07. The maximum Gasteiger partial charge on any atom is 0.346 e. The van der Waals surface area contributed by atoms with Crippen molar-refractivity contribution in [3.63, 3.8) is 0 Å². The van der Waals surface area contributed by atoms with Gasteiger partial charge >= 0.3 is 6.72 Å². The van der Waals surface area contributed by atoms with Gasteiger partial charge in [0.05, 0.1) is 6.61 Å². The van der Waals surface area contributed by atoms with E-state index in [4.69, 9.17) is 28.3 Å². The van der Waals surface area contributed by atoms with E-state index in [-0.39, 0.29) is 0 Å². The lowest BCUT2D eigenvalue weighted by molar-refractivity contribution is 0.291. The van der Waals surface area contributed by atoms with Crippen molar-refractivity contribution in [1.82, 2.24) is 10.2 Å². The number of halogens is 1. The SMILES string of the molecule is CCCSP(=O)(OCC)N(C)NC(=S)Nc1ccc(Cl)cc1C. The quantitative estimate of drug-likeness (QED) is 0.362. The lowest BCUT2D eigenvalue weighted by atomic mass is 10.2. The van der Waals surface area contributed by atoms with Gasteiger partial charge in [0, 0.05) is 23.5 Å². The van der Waals surface area contributed by atoms with Gasteiger partial charge in [0.1, 0.15) is 0 Å². The van der Waals surface area contributed by atoms with E-state index in [2.05, 4.69) is 10.7 Å². The molecule has 0 radical (unpaired) electrons. The Hall–Kier alpha value is -0.300. The first kappa shape index (κ1) is 20.7. The van der Waals surface area contributed by atoms with Gasteiger partial charge in [0.15, 0.2) is 5.11 Å². The van der Waals surface area contributed by atoms with Crippen molar-refractivity contribution in [2.75, 3.05) is 24.7 Å². The molecule has 0 heterocycles. The first-order chi connectivity index (χ1) is 10.8. The van der Waals surface area contributed by atoms with E-state index < -0.39 is 6.72 Å². The Morgan fingerprint density at radius 3 is 2.74 bits per heavy atom. The smallest absolute Gasteiger partial charge is 0.331 e. The van der Waals surface area contributed by atoms with Gasteiger partial charge in [-0.25, -0.2) is 0 Å². The maximum absolute atomic E-state index is 12.9. The summed E-state index contributed by atoms with van der Waals surface area (Å²) < 4.78 is 19.8. The van der Waals surface area contributed by atoms with E-state index in [0.717, 1.165) is 23.4 Å². The number of hydrogen-bond donors (Lipinski definition) is 2. The minimum Gasteiger partial charge on any atom is -0.331 e. The molecule has 9 heteroatoms. The number of benzene rings is 1. The number of hydrogen-bond acceptors (Lipinski definition) is 4. The Morgan fingerprint density at radius 1 is 1.48 bits per heavy atom. The molecule has 0 aromatic heterocycles. The van der Waals surface area contributed by atoms with Crippen LogP contribution in [0.5, 0.6) is 0 Å². The van der Waals surface area contributed by atoms with Gasteiger partial charge in [0.25, 0.3) is 0 Å².